The zero-order chi connectivity index (χ0) is 18.8. The van der Waals surface area contributed by atoms with Crippen molar-refractivity contribution in [2.75, 3.05) is 13.7 Å². The number of rotatable bonds is 9. The number of hydrogen-bond acceptors (Lipinski definition) is 7. The van der Waals surface area contributed by atoms with Gasteiger partial charge in [0.1, 0.15) is 6.54 Å². The van der Waals surface area contributed by atoms with Crippen LogP contribution in [0.4, 0.5) is 0 Å². The summed E-state index contributed by atoms with van der Waals surface area (Å²) in [6.07, 6.45) is 3.87. The quantitative estimate of drug-likeness (QED) is 0.677. The molecule has 0 aliphatic carbocycles. The molecule has 1 amide bonds. The van der Waals surface area contributed by atoms with Gasteiger partial charge in [0.2, 0.25) is 5.75 Å². The summed E-state index contributed by atoms with van der Waals surface area (Å²) in [7, 11) is 1.37. The molecule has 0 unspecified atom stereocenters. The second-order valence-electron chi connectivity index (χ2n) is 5.41. The van der Waals surface area contributed by atoms with E-state index in [1.807, 2.05) is 0 Å². The van der Waals surface area contributed by atoms with Gasteiger partial charge in [-0.3, -0.25) is 14.4 Å². The van der Waals surface area contributed by atoms with Gasteiger partial charge in [-0.2, -0.15) is 0 Å². The SMILES string of the molecule is CCCC[C@H](C)OC(=O)CNC(=O)c1nccc(OC)c1OC(C)=O. The molecule has 0 saturated carbocycles. The largest absolute Gasteiger partial charge is 0.493 e. The Morgan fingerprint density at radius 2 is 2.04 bits per heavy atom. The Morgan fingerprint density at radius 1 is 1.32 bits per heavy atom. The van der Waals surface area contributed by atoms with Gasteiger partial charge in [-0.15, -0.1) is 0 Å². The minimum atomic E-state index is -0.673. The van der Waals surface area contributed by atoms with Crippen LogP contribution in [0.5, 0.6) is 11.5 Å². The third kappa shape index (κ3) is 6.78. The number of ether oxygens (including phenoxy) is 3. The highest BCUT2D eigenvalue weighted by atomic mass is 16.6. The first kappa shape index (κ1) is 20.4. The van der Waals surface area contributed by atoms with Gasteiger partial charge in [0.15, 0.2) is 11.4 Å². The topological polar surface area (TPSA) is 104 Å². The first-order valence-corrected chi connectivity index (χ1v) is 8.08. The number of esters is 2. The summed E-state index contributed by atoms with van der Waals surface area (Å²) >= 11 is 0. The van der Waals surface area contributed by atoms with E-state index >= 15 is 0 Å². The fraction of sp³-hybridized carbons (Fsp3) is 0.529. The maximum Gasteiger partial charge on any atom is 0.325 e. The maximum atomic E-state index is 12.2. The van der Waals surface area contributed by atoms with Crippen LogP contribution >= 0.6 is 0 Å². The minimum Gasteiger partial charge on any atom is -0.493 e. The average molecular weight is 352 g/mol. The van der Waals surface area contributed by atoms with E-state index in [1.54, 1.807) is 6.92 Å². The zero-order valence-corrected chi connectivity index (χ0v) is 15.0. The van der Waals surface area contributed by atoms with E-state index in [0.29, 0.717) is 0 Å². The van der Waals surface area contributed by atoms with E-state index in [9.17, 15) is 14.4 Å². The van der Waals surface area contributed by atoms with E-state index in [2.05, 4.69) is 17.2 Å². The monoisotopic (exact) mass is 352 g/mol. The van der Waals surface area contributed by atoms with Crippen molar-refractivity contribution in [1.29, 1.82) is 0 Å². The van der Waals surface area contributed by atoms with Crippen molar-refractivity contribution < 1.29 is 28.6 Å². The number of methoxy groups -OCH3 is 1. The molecule has 1 atom stereocenters. The van der Waals surface area contributed by atoms with Crippen LogP contribution < -0.4 is 14.8 Å². The van der Waals surface area contributed by atoms with Crippen LogP contribution in [0.15, 0.2) is 12.3 Å². The minimum absolute atomic E-state index is 0.0975. The lowest BCUT2D eigenvalue weighted by Gasteiger charge is -2.14. The Bertz CT molecular complexity index is 617. The van der Waals surface area contributed by atoms with E-state index in [1.165, 1.54) is 26.3 Å². The molecule has 0 aliphatic heterocycles. The summed E-state index contributed by atoms with van der Waals surface area (Å²) in [5.74, 6) is -1.75. The van der Waals surface area contributed by atoms with Gasteiger partial charge in [0.25, 0.3) is 5.91 Å². The fourth-order valence-electron chi connectivity index (χ4n) is 2.05. The van der Waals surface area contributed by atoms with Gasteiger partial charge in [-0.1, -0.05) is 19.8 Å². The Labute approximate surface area is 146 Å². The zero-order valence-electron chi connectivity index (χ0n) is 15.0. The Morgan fingerprint density at radius 3 is 2.64 bits per heavy atom. The fourth-order valence-corrected chi connectivity index (χ4v) is 2.05. The van der Waals surface area contributed by atoms with E-state index in [0.717, 1.165) is 19.3 Å². The van der Waals surface area contributed by atoms with Gasteiger partial charge in [0.05, 0.1) is 13.2 Å². The number of hydrogen-bond donors (Lipinski definition) is 1. The Hall–Kier alpha value is -2.64. The summed E-state index contributed by atoms with van der Waals surface area (Å²) in [5, 5.41) is 2.40. The number of nitrogens with zero attached hydrogens (tertiary/aromatic N) is 1. The number of aromatic nitrogens is 1. The van der Waals surface area contributed by atoms with Crippen molar-refractivity contribution in [2.24, 2.45) is 0 Å². The molecule has 8 nitrogen and oxygen atoms in total. The van der Waals surface area contributed by atoms with Crippen LogP contribution in [0.1, 0.15) is 50.5 Å². The molecule has 8 heteroatoms. The lowest BCUT2D eigenvalue weighted by atomic mass is 10.2. The van der Waals surface area contributed by atoms with Gasteiger partial charge >= 0.3 is 11.9 Å². The summed E-state index contributed by atoms with van der Waals surface area (Å²) < 4.78 is 15.3. The first-order valence-electron chi connectivity index (χ1n) is 8.08. The molecule has 0 aromatic carbocycles. The summed E-state index contributed by atoms with van der Waals surface area (Å²) in [6.45, 7) is 4.74. The molecule has 1 heterocycles. The van der Waals surface area contributed by atoms with Crippen LogP contribution in [0.25, 0.3) is 0 Å². The van der Waals surface area contributed by atoms with Crippen molar-refractivity contribution in [2.45, 2.75) is 46.1 Å². The molecule has 25 heavy (non-hydrogen) atoms. The highest BCUT2D eigenvalue weighted by molar-refractivity contribution is 5.98. The third-order valence-corrected chi connectivity index (χ3v) is 3.24. The van der Waals surface area contributed by atoms with E-state index in [-0.39, 0.29) is 29.8 Å². The molecular weight excluding hydrogens is 328 g/mol. The molecule has 1 aromatic heterocycles. The van der Waals surface area contributed by atoms with Crippen molar-refractivity contribution in [1.82, 2.24) is 10.3 Å². The van der Waals surface area contributed by atoms with Crippen molar-refractivity contribution in [3.8, 4) is 11.5 Å². The van der Waals surface area contributed by atoms with Gasteiger partial charge < -0.3 is 19.5 Å². The molecule has 138 valence electrons. The molecule has 0 fully saturated rings. The van der Waals surface area contributed by atoms with E-state index < -0.39 is 17.8 Å². The third-order valence-electron chi connectivity index (χ3n) is 3.24. The summed E-state index contributed by atoms with van der Waals surface area (Å²) in [5.41, 5.74) is -0.151. The second kappa shape index (κ2) is 10.3. The summed E-state index contributed by atoms with van der Waals surface area (Å²) in [4.78, 5) is 39.1. The molecular formula is C17H24N2O6. The Kier molecular flexibility index (Phi) is 8.38. The van der Waals surface area contributed by atoms with Crippen LogP contribution in [0.2, 0.25) is 0 Å². The molecule has 0 aliphatic rings. The standard InChI is InChI=1S/C17H24N2O6/c1-5-6-7-11(2)24-14(21)10-19-17(22)15-16(25-12(3)20)13(23-4)8-9-18-15/h8-9,11H,5-7,10H2,1-4H3,(H,19,22)/t11-/m0/s1. The lowest BCUT2D eigenvalue weighted by molar-refractivity contribution is -0.147. The second-order valence-corrected chi connectivity index (χ2v) is 5.41. The molecule has 0 radical (unpaired) electrons. The van der Waals surface area contributed by atoms with Crippen molar-refractivity contribution in [3.63, 3.8) is 0 Å². The smallest absolute Gasteiger partial charge is 0.325 e. The molecule has 1 aromatic rings. The highest BCUT2D eigenvalue weighted by Gasteiger charge is 2.21. The van der Waals surface area contributed by atoms with Gasteiger partial charge in [-0.05, 0) is 13.3 Å². The predicted molar refractivity (Wildman–Crippen MR) is 89.5 cm³/mol. The molecule has 1 rings (SSSR count). The van der Waals surface area contributed by atoms with Gasteiger partial charge in [-0.25, -0.2) is 4.98 Å². The number of nitrogens with one attached hydrogen (secondary N) is 1. The number of pyridine rings is 1. The van der Waals surface area contributed by atoms with E-state index in [4.69, 9.17) is 14.2 Å². The van der Waals surface area contributed by atoms with Crippen molar-refractivity contribution in [3.05, 3.63) is 18.0 Å². The predicted octanol–water partition coefficient (Wildman–Crippen LogP) is 1.87. The number of carbonyl (C=O) groups excluding carboxylic acids is 3. The van der Waals surface area contributed by atoms with Crippen LogP contribution in [-0.4, -0.2) is 42.6 Å². The summed E-state index contributed by atoms with van der Waals surface area (Å²) in [6, 6.07) is 1.46. The molecule has 0 saturated heterocycles. The highest BCUT2D eigenvalue weighted by Crippen LogP contribution is 2.29. The molecule has 1 N–H and O–H groups in total. The number of amides is 1. The van der Waals surface area contributed by atoms with Crippen LogP contribution in [0, 0.1) is 0 Å². The molecule has 0 bridgehead atoms. The van der Waals surface area contributed by atoms with Gasteiger partial charge in [0, 0.05) is 19.2 Å². The number of unbranched alkanes of at least 4 members (excludes halogenated alkanes) is 1. The lowest BCUT2D eigenvalue weighted by Crippen LogP contribution is -2.33. The molecule has 0 spiro atoms. The van der Waals surface area contributed by atoms with Crippen LogP contribution in [0.3, 0.4) is 0 Å². The Balaban J connectivity index is 2.71. The number of carbonyl (C=O) groups is 3. The van der Waals surface area contributed by atoms with Crippen LogP contribution in [-0.2, 0) is 14.3 Å². The average Bonchev–Trinajstić information content (AvgIpc) is 2.57. The maximum absolute atomic E-state index is 12.2. The van der Waals surface area contributed by atoms with Crippen molar-refractivity contribution >= 4 is 17.8 Å². The normalized spacial score (nSPS) is 11.4. The first-order chi connectivity index (χ1) is 11.9.